The molecule has 3 rings (SSSR count). The summed E-state index contributed by atoms with van der Waals surface area (Å²) in [7, 11) is 0. The third kappa shape index (κ3) is 5.18. The van der Waals surface area contributed by atoms with Gasteiger partial charge in [-0.05, 0) is 71.1 Å². The van der Waals surface area contributed by atoms with Gasteiger partial charge in [0.25, 0.3) is 5.91 Å². The van der Waals surface area contributed by atoms with Crippen LogP contribution in [0.5, 0.6) is 0 Å². The van der Waals surface area contributed by atoms with E-state index in [0.29, 0.717) is 11.3 Å². The molecule has 0 saturated carbocycles. The maximum absolute atomic E-state index is 12.0. The first-order valence-electron chi connectivity index (χ1n) is 8.27. The molecule has 1 aliphatic heterocycles. The van der Waals surface area contributed by atoms with Gasteiger partial charge in [0.2, 0.25) is 0 Å². The molecule has 6 nitrogen and oxygen atoms in total. The maximum atomic E-state index is 12.0. The zero-order chi connectivity index (χ0) is 18.4. The van der Waals surface area contributed by atoms with Crippen LogP contribution >= 0.6 is 22.6 Å². The molecule has 1 amide bonds. The van der Waals surface area contributed by atoms with Crippen LogP contribution in [0.15, 0.2) is 48.5 Å². The molecule has 0 bridgehead atoms. The van der Waals surface area contributed by atoms with Crippen molar-refractivity contribution >= 4 is 45.8 Å². The van der Waals surface area contributed by atoms with E-state index in [4.69, 9.17) is 9.47 Å². The first-order valence-corrected chi connectivity index (χ1v) is 9.35. The van der Waals surface area contributed by atoms with Crippen LogP contribution in [-0.2, 0) is 14.3 Å². The molecule has 2 aromatic rings. The zero-order valence-corrected chi connectivity index (χ0v) is 16.3. The van der Waals surface area contributed by atoms with Crippen LogP contribution < -0.4 is 10.2 Å². The molecule has 0 atom stereocenters. The van der Waals surface area contributed by atoms with E-state index in [1.807, 2.05) is 36.4 Å². The Labute approximate surface area is 165 Å². The van der Waals surface area contributed by atoms with Crippen molar-refractivity contribution in [1.29, 1.82) is 0 Å². The Morgan fingerprint density at radius 3 is 2.35 bits per heavy atom. The Kier molecular flexibility index (Phi) is 6.45. The first-order chi connectivity index (χ1) is 12.6. The quantitative estimate of drug-likeness (QED) is 0.543. The van der Waals surface area contributed by atoms with Crippen molar-refractivity contribution in [3.8, 4) is 0 Å². The monoisotopic (exact) mass is 466 g/mol. The summed E-state index contributed by atoms with van der Waals surface area (Å²) in [5.41, 5.74) is 2.18. The van der Waals surface area contributed by atoms with E-state index in [-0.39, 0.29) is 12.5 Å². The molecular formula is C19H19IN2O4. The number of anilines is 2. The van der Waals surface area contributed by atoms with Crippen molar-refractivity contribution < 1.29 is 19.1 Å². The van der Waals surface area contributed by atoms with Crippen molar-refractivity contribution in [1.82, 2.24) is 0 Å². The summed E-state index contributed by atoms with van der Waals surface area (Å²) < 4.78 is 11.4. The molecule has 1 heterocycles. The maximum Gasteiger partial charge on any atom is 0.338 e. The lowest BCUT2D eigenvalue weighted by atomic mass is 10.2. The highest BCUT2D eigenvalue weighted by molar-refractivity contribution is 14.1. The van der Waals surface area contributed by atoms with Gasteiger partial charge < -0.3 is 19.7 Å². The number of amides is 1. The second-order valence-corrected chi connectivity index (χ2v) is 7.02. The lowest BCUT2D eigenvalue weighted by Crippen LogP contribution is -2.36. The van der Waals surface area contributed by atoms with E-state index in [2.05, 4.69) is 32.8 Å². The van der Waals surface area contributed by atoms with Crippen LogP contribution in [-0.4, -0.2) is 44.8 Å². The molecule has 0 aromatic heterocycles. The van der Waals surface area contributed by atoms with Crippen LogP contribution in [0.1, 0.15) is 10.4 Å². The SMILES string of the molecule is O=C(COC(=O)c1ccc(I)cc1)Nc1ccc(N2CCOCC2)cc1. The highest BCUT2D eigenvalue weighted by Gasteiger charge is 2.12. The van der Waals surface area contributed by atoms with Crippen molar-refractivity contribution in [3.63, 3.8) is 0 Å². The molecule has 0 unspecified atom stereocenters. The summed E-state index contributed by atoms with van der Waals surface area (Å²) >= 11 is 2.16. The smallest absolute Gasteiger partial charge is 0.338 e. The number of rotatable bonds is 5. The predicted molar refractivity (Wildman–Crippen MR) is 108 cm³/mol. The Morgan fingerprint density at radius 1 is 1.04 bits per heavy atom. The molecule has 26 heavy (non-hydrogen) atoms. The highest BCUT2D eigenvalue weighted by atomic mass is 127. The van der Waals surface area contributed by atoms with E-state index in [0.717, 1.165) is 35.6 Å². The van der Waals surface area contributed by atoms with Crippen molar-refractivity contribution in [3.05, 3.63) is 57.7 Å². The van der Waals surface area contributed by atoms with Gasteiger partial charge in [0.1, 0.15) is 0 Å². The standard InChI is InChI=1S/C19H19IN2O4/c20-15-3-1-14(2-4-15)19(24)26-13-18(23)21-16-5-7-17(8-6-16)22-9-11-25-12-10-22/h1-8H,9-13H2,(H,21,23). The third-order valence-electron chi connectivity index (χ3n) is 3.94. The van der Waals surface area contributed by atoms with E-state index in [1.165, 1.54) is 0 Å². The number of benzene rings is 2. The second-order valence-electron chi connectivity index (χ2n) is 5.78. The molecule has 2 aromatic carbocycles. The van der Waals surface area contributed by atoms with Crippen molar-refractivity contribution in [2.45, 2.75) is 0 Å². The Morgan fingerprint density at radius 2 is 1.69 bits per heavy atom. The first kappa shape index (κ1) is 18.7. The van der Waals surface area contributed by atoms with Crippen LogP contribution in [0.3, 0.4) is 0 Å². The highest BCUT2D eigenvalue weighted by Crippen LogP contribution is 2.19. The summed E-state index contributed by atoms with van der Waals surface area (Å²) in [5.74, 6) is -0.887. The second kappa shape index (κ2) is 9.00. The van der Waals surface area contributed by atoms with Crippen LogP contribution in [0.4, 0.5) is 11.4 Å². The van der Waals surface area contributed by atoms with Gasteiger partial charge in [0, 0.05) is 28.0 Å². The van der Waals surface area contributed by atoms with Gasteiger partial charge in [0.05, 0.1) is 18.8 Å². The molecule has 1 N–H and O–H groups in total. The molecular weight excluding hydrogens is 447 g/mol. The molecule has 0 spiro atoms. The van der Waals surface area contributed by atoms with Gasteiger partial charge >= 0.3 is 5.97 Å². The van der Waals surface area contributed by atoms with E-state index in [1.54, 1.807) is 12.1 Å². The molecule has 1 saturated heterocycles. The topological polar surface area (TPSA) is 67.9 Å². The van der Waals surface area contributed by atoms with E-state index in [9.17, 15) is 9.59 Å². The van der Waals surface area contributed by atoms with Crippen LogP contribution in [0.25, 0.3) is 0 Å². The average Bonchev–Trinajstić information content (AvgIpc) is 2.68. The number of halogens is 1. The third-order valence-corrected chi connectivity index (χ3v) is 4.66. The lowest BCUT2D eigenvalue weighted by molar-refractivity contribution is -0.119. The van der Waals surface area contributed by atoms with Gasteiger partial charge in [-0.25, -0.2) is 4.79 Å². The molecule has 1 fully saturated rings. The summed E-state index contributed by atoms with van der Waals surface area (Å²) in [4.78, 5) is 26.1. The molecule has 0 radical (unpaired) electrons. The van der Waals surface area contributed by atoms with Gasteiger partial charge in [-0.15, -0.1) is 0 Å². The number of esters is 1. The van der Waals surface area contributed by atoms with Crippen molar-refractivity contribution in [2.24, 2.45) is 0 Å². The molecule has 7 heteroatoms. The largest absolute Gasteiger partial charge is 0.452 e. The van der Waals surface area contributed by atoms with Gasteiger partial charge in [-0.3, -0.25) is 4.79 Å². The lowest BCUT2D eigenvalue weighted by Gasteiger charge is -2.28. The number of carbonyl (C=O) groups excluding carboxylic acids is 2. The zero-order valence-electron chi connectivity index (χ0n) is 14.1. The summed E-state index contributed by atoms with van der Waals surface area (Å²) in [6.07, 6.45) is 0. The van der Waals surface area contributed by atoms with Gasteiger partial charge in [0.15, 0.2) is 6.61 Å². The van der Waals surface area contributed by atoms with Crippen LogP contribution in [0.2, 0.25) is 0 Å². The normalized spacial score (nSPS) is 14.0. The minimum absolute atomic E-state index is 0.323. The fourth-order valence-corrected chi connectivity index (χ4v) is 2.93. The Hall–Kier alpha value is -2.13. The number of ether oxygens (including phenoxy) is 2. The number of carbonyl (C=O) groups is 2. The van der Waals surface area contributed by atoms with Gasteiger partial charge in [-0.2, -0.15) is 0 Å². The predicted octanol–water partition coefficient (Wildman–Crippen LogP) is 2.92. The van der Waals surface area contributed by atoms with Gasteiger partial charge in [-0.1, -0.05) is 0 Å². The van der Waals surface area contributed by atoms with E-state index >= 15 is 0 Å². The Bertz CT molecular complexity index is 756. The fraction of sp³-hybridized carbons (Fsp3) is 0.263. The van der Waals surface area contributed by atoms with E-state index < -0.39 is 5.97 Å². The summed E-state index contributed by atoms with van der Waals surface area (Å²) in [5, 5.41) is 2.73. The van der Waals surface area contributed by atoms with Crippen molar-refractivity contribution in [2.75, 3.05) is 43.1 Å². The Balaban J connectivity index is 1.48. The average molecular weight is 466 g/mol. The number of morpholine rings is 1. The summed E-state index contributed by atoms with van der Waals surface area (Å²) in [6, 6.07) is 14.6. The minimum Gasteiger partial charge on any atom is -0.452 e. The summed E-state index contributed by atoms with van der Waals surface area (Å²) in [6.45, 7) is 2.85. The number of nitrogens with zero attached hydrogens (tertiary/aromatic N) is 1. The number of nitrogens with one attached hydrogen (secondary N) is 1. The molecule has 1 aliphatic rings. The van der Waals surface area contributed by atoms with Crippen LogP contribution in [0, 0.1) is 3.57 Å². The molecule has 136 valence electrons. The molecule has 0 aliphatic carbocycles. The number of hydrogen-bond donors (Lipinski definition) is 1. The fourth-order valence-electron chi connectivity index (χ4n) is 2.57. The number of hydrogen-bond acceptors (Lipinski definition) is 5. The minimum atomic E-state index is -0.515.